The first-order valence-electron chi connectivity index (χ1n) is 6.37. The quantitative estimate of drug-likeness (QED) is 0.652. The molecule has 0 saturated carbocycles. The number of nitro groups is 1. The molecule has 6 heteroatoms. The largest absolute Gasteiger partial charge is 0.465 e. The maximum absolute atomic E-state index is 10.9. The van der Waals surface area contributed by atoms with E-state index in [-0.39, 0.29) is 12.2 Å². The Morgan fingerprint density at radius 2 is 1.90 bits per heavy atom. The number of hydrogen-bond acceptors (Lipinski definition) is 3. The van der Waals surface area contributed by atoms with Crippen molar-refractivity contribution in [2.24, 2.45) is 0 Å². The van der Waals surface area contributed by atoms with Crippen molar-refractivity contribution in [3.05, 3.63) is 64.2 Å². The molecule has 6 nitrogen and oxygen atoms in total. The van der Waals surface area contributed by atoms with Gasteiger partial charge in [0.1, 0.15) is 0 Å². The standard InChI is InChI=1S/C15H14N2O4/c18-15(19)16-9-8-12-6-7-13(17(20)21)10-14(12)11-4-2-1-3-5-11/h1-7,10,16H,8-9H2,(H,18,19). The summed E-state index contributed by atoms with van der Waals surface area (Å²) in [6.45, 7) is 0.257. The molecule has 0 aliphatic rings. The Kier molecular flexibility index (Phi) is 4.50. The number of carboxylic acid groups (broad SMARTS) is 1. The van der Waals surface area contributed by atoms with Crippen molar-refractivity contribution >= 4 is 11.8 Å². The molecule has 0 heterocycles. The number of nitro benzene ring substituents is 1. The summed E-state index contributed by atoms with van der Waals surface area (Å²) in [5.41, 5.74) is 2.49. The van der Waals surface area contributed by atoms with Crippen LogP contribution in [-0.2, 0) is 6.42 Å². The lowest BCUT2D eigenvalue weighted by molar-refractivity contribution is -0.384. The number of benzene rings is 2. The van der Waals surface area contributed by atoms with Crippen molar-refractivity contribution in [3.63, 3.8) is 0 Å². The molecule has 0 atom stereocenters. The van der Waals surface area contributed by atoms with Gasteiger partial charge in [0.2, 0.25) is 0 Å². The molecule has 2 aromatic carbocycles. The zero-order valence-electron chi connectivity index (χ0n) is 11.2. The summed E-state index contributed by atoms with van der Waals surface area (Å²) in [7, 11) is 0. The molecule has 1 amide bonds. The van der Waals surface area contributed by atoms with E-state index in [1.54, 1.807) is 6.07 Å². The monoisotopic (exact) mass is 286 g/mol. The van der Waals surface area contributed by atoms with E-state index in [2.05, 4.69) is 5.32 Å². The Hall–Kier alpha value is -2.89. The van der Waals surface area contributed by atoms with E-state index in [1.807, 2.05) is 30.3 Å². The van der Waals surface area contributed by atoms with Gasteiger partial charge in [-0.3, -0.25) is 10.1 Å². The van der Waals surface area contributed by atoms with Crippen LogP contribution in [0.15, 0.2) is 48.5 Å². The molecule has 0 saturated heterocycles. The second-order valence-corrected chi connectivity index (χ2v) is 4.45. The van der Waals surface area contributed by atoms with Gasteiger partial charge in [-0.05, 0) is 23.1 Å². The van der Waals surface area contributed by atoms with Crippen LogP contribution < -0.4 is 5.32 Å². The zero-order valence-corrected chi connectivity index (χ0v) is 11.2. The van der Waals surface area contributed by atoms with Crippen LogP contribution >= 0.6 is 0 Å². The van der Waals surface area contributed by atoms with Crippen LogP contribution in [0.25, 0.3) is 11.1 Å². The van der Waals surface area contributed by atoms with E-state index in [4.69, 9.17) is 5.11 Å². The third-order valence-electron chi connectivity index (χ3n) is 3.06. The van der Waals surface area contributed by atoms with Crippen LogP contribution in [-0.4, -0.2) is 22.7 Å². The number of non-ortho nitro benzene ring substituents is 1. The molecule has 21 heavy (non-hydrogen) atoms. The Bertz CT molecular complexity index is 656. The van der Waals surface area contributed by atoms with Crippen molar-refractivity contribution < 1.29 is 14.8 Å². The molecule has 0 aliphatic heterocycles. The van der Waals surface area contributed by atoms with Gasteiger partial charge in [-0.1, -0.05) is 36.4 Å². The van der Waals surface area contributed by atoms with Crippen molar-refractivity contribution in [2.75, 3.05) is 6.54 Å². The molecule has 0 aromatic heterocycles. The molecule has 0 radical (unpaired) electrons. The molecular formula is C15H14N2O4. The van der Waals surface area contributed by atoms with Gasteiger partial charge in [0.05, 0.1) is 4.92 Å². The summed E-state index contributed by atoms with van der Waals surface area (Å²) >= 11 is 0. The van der Waals surface area contributed by atoms with Gasteiger partial charge in [-0.15, -0.1) is 0 Å². The van der Waals surface area contributed by atoms with Crippen LogP contribution in [0.1, 0.15) is 5.56 Å². The minimum absolute atomic E-state index is 0.0174. The lowest BCUT2D eigenvalue weighted by Gasteiger charge is -2.10. The molecule has 0 spiro atoms. The lowest BCUT2D eigenvalue weighted by atomic mass is 9.97. The maximum atomic E-state index is 10.9. The predicted molar refractivity (Wildman–Crippen MR) is 78.3 cm³/mol. The molecule has 2 aromatic rings. The van der Waals surface area contributed by atoms with Crippen LogP contribution in [0, 0.1) is 10.1 Å². The number of amides is 1. The second kappa shape index (κ2) is 6.51. The van der Waals surface area contributed by atoms with Gasteiger partial charge in [0, 0.05) is 18.7 Å². The van der Waals surface area contributed by atoms with Crippen LogP contribution in [0.3, 0.4) is 0 Å². The first-order valence-corrected chi connectivity index (χ1v) is 6.37. The predicted octanol–water partition coefficient (Wildman–Crippen LogP) is 3.07. The van der Waals surface area contributed by atoms with Crippen LogP contribution in [0.4, 0.5) is 10.5 Å². The smallest absolute Gasteiger partial charge is 0.404 e. The summed E-state index contributed by atoms with van der Waals surface area (Å²) in [6.07, 6.45) is -0.618. The first kappa shape index (κ1) is 14.5. The molecule has 0 fully saturated rings. The highest BCUT2D eigenvalue weighted by molar-refractivity contribution is 5.70. The van der Waals surface area contributed by atoms with Gasteiger partial charge < -0.3 is 10.4 Å². The van der Waals surface area contributed by atoms with E-state index < -0.39 is 11.0 Å². The molecule has 0 bridgehead atoms. The normalized spacial score (nSPS) is 10.1. The Labute approximate surface area is 121 Å². The highest BCUT2D eigenvalue weighted by Crippen LogP contribution is 2.28. The van der Waals surface area contributed by atoms with E-state index in [9.17, 15) is 14.9 Å². The highest BCUT2D eigenvalue weighted by Gasteiger charge is 2.12. The van der Waals surface area contributed by atoms with Crippen molar-refractivity contribution in [3.8, 4) is 11.1 Å². The third kappa shape index (κ3) is 3.79. The Morgan fingerprint density at radius 1 is 1.19 bits per heavy atom. The number of hydrogen-bond donors (Lipinski definition) is 2. The summed E-state index contributed by atoms with van der Waals surface area (Å²) in [6, 6.07) is 13.9. The van der Waals surface area contributed by atoms with Crippen LogP contribution in [0.2, 0.25) is 0 Å². The number of nitrogens with zero attached hydrogens (tertiary/aromatic N) is 1. The third-order valence-corrected chi connectivity index (χ3v) is 3.06. The van der Waals surface area contributed by atoms with Gasteiger partial charge >= 0.3 is 6.09 Å². The van der Waals surface area contributed by atoms with Crippen LogP contribution in [0.5, 0.6) is 0 Å². The van der Waals surface area contributed by atoms with E-state index in [0.29, 0.717) is 6.42 Å². The summed E-state index contributed by atoms with van der Waals surface area (Å²) < 4.78 is 0. The van der Waals surface area contributed by atoms with E-state index >= 15 is 0 Å². The van der Waals surface area contributed by atoms with Crippen molar-refractivity contribution in [2.45, 2.75) is 6.42 Å². The fourth-order valence-electron chi connectivity index (χ4n) is 2.09. The molecule has 108 valence electrons. The number of rotatable bonds is 5. The number of carbonyl (C=O) groups is 1. The van der Waals surface area contributed by atoms with Gasteiger partial charge in [0.15, 0.2) is 0 Å². The summed E-state index contributed by atoms with van der Waals surface area (Å²) in [4.78, 5) is 21.0. The molecule has 2 rings (SSSR count). The number of nitrogens with one attached hydrogen (secondary N) is 1. The second-order valence-electron chi connectivity index (χ2n) is 4.45. The lowest BCUT2D eigenvalue weighted by Crippen LogP contribution is -2.23. The van der Waals surface area contributed by atoms with Crippen molar-refractivity contribution in [1.82, 2.24) is 5.32 Å². The molecule has 0 aliphatic carbocycles. The zero-order chi connectivity index (χ0) is 15.2. The minimum atomic E-state index is -1.09. The Morgan fingerprint density at radius 3 is 2.52 bits per heavy atom. The first-order chi connectivity index (χ1) is 10.1. The minimum Gasteiger partial charge on any atom is -0.465 e. The molecule has 2 N–H and O–H groups in total. The average Bonchev–Trinajstić information content (AvgIpc) is 2.48. The summed E-state index contributed by atoms with van der Waals surface area (Å²) in [5, 5.41) is 21.8. The SMILES string of the molecule is O=C(O)NCCc1ccc([N+](=O)[O-])cc1-c1ccccc1. The fraction of sp³-hybridized carbons (Fsp3) is 0.133. The fourth-order valence-corrected chi connectivity index (χ4v) is 2.09. The van der Waals surface area contributed by atoms with E-state index in [1.165, 1.54) is 12.1 Å². The molecular weight excluding hydrogens is 272 g/mol. The highest BCUT2D eigenvalue weighted by atomic mass is 16.6. The van der Waals surface area contributed by atoms with Gasteiger partial charge in [-0.2, -0.15) is 0 Å². The molecule has 0 unspecified atom stereocenters. The van der Waals surface area contributed by atoms with Gasteiger partial charge in [0.25, 0.3) is 5.69 Å². The van der Waals surface area contributed by atoms with Gasteiger partial charge in [-0.25, -0.2) is 4.79 Å². The maximum Gasteiger partial charge on any atom is 0.404 e. The average molecular weight is 286 g/mol. The topological polar surface area (TPSA) is 92.5 Å². The van der Waals surface area contributed by atoms with Crippen molar-refractivity contribution in [1.29, 1.82) is 0 Å². The Balaban J connectivity index is 2.35. The summed E-state index contributed by atoms with van der Waals surface area (Å²) in [5.74, 6) is 0. The van der Waals surface area contributed by atoms with E-state index in [0.717, 1.165) is 16.7 Å².